The second kappa shape index (κ2) is 16.8. The maximum Gasteiger partial charge on any atom is 0.338 e. The highest BCUT2D eigenvalue weighted by molar-refractivity contribution is 7.10. The van der Waals surface area contributed by atoms with E-state index in [9.17, 15) is 39.3 Å². The molecule has 1 amide bonds. The molecule has 11 atom stereocenters. The van der Waals surface area contributed by atoms with E-state index in [0.29, 0.717) is 4.88 Å². The molecule has 0 radical (unpaired) electrons. The van der Waals surface area contributed by atoms with Crippen molar-refractivity contribution in [3.63, 3.8) is 0 Å². The molecule has 4 aliphatic rings. The average molecular weight is 874 g/mol. The third-order valence-corrected chi connectivity index (χ3v) is 14.4. The molecular formula is C46H51NO14S. The van der Waals surface area contributed by atoms with Crippen molar-refractivity contribution in [3.05, 3.63) is 105 Å². The second-order valence-electron chi connectivity index (χ2n) is 17.2. The van der Waals surface area contributed by atoms with Gasteiger partial charge in [0.2, 0.25) is 0 Å². The highest BCUT2D eigenvalue weighted by Crippen LogP contribution is 2.64. The Morgan fingerprint density at radius 1 is 0.935 bits per heavy atom. The second-order valence-corrected chi connectivity index (χ2v) is 18.2. The standard InChI is InChI=1S/C46H51NO14S/c1-7-32(50)59-36-33-24(2)28(58-42(55)35(51)34(29-19-14-20-62-29)47-40(53)26-15-10-8-11-16-26)22-46(56,43(33,4)5)39(60-41(54)27-17-12-9-13-18-27)37-44(6,38(36)52)30(49)21-31-45(37,23-57-31)61-25(3)48/h8-20,28,30-31,34-37,39,49,51,56H,7,21-23H2,1-6H3,(H,47,53)/t28-,30-,31+,34-,35+,36+,37?,39?,44+,45-,46+/m0/s1. The lowest BCUT2D eigenvalue weighted by Gasteiger charge is -2.67. The fourth-order valence-corrected chi connectivity index (χ4v) is 10.8. The molecule has 2 heterocycles. The molecule has 2 aromatic carbocycles. The van der Waals surface area contributed by atoms with Crippen LogP contribution in [0.5, 0.6) is 0 Å². The Bertz CT molecular complexity index is 2260. The molecule has 7 rings (SSSR count). The maximum absolute atomic E-state index is 15.6. The van der Waals surface area contributed by atoms with Crippen molar-refractivity contribution in [1.82, 2.24) is 5.32 Å². The number of fused-ring (bicyclic) bond motifs is 5. The quantitative estimate of drug-likeness (QED) is 0.121. The van der Waals surface area contributed by atoms with Gasteiger partial charge in [-0.3, -0.25) is 19.2 Å². The van der Waals surface area contributed by atoms with Gasteiger partial charge < -0.3 is 44.3 Å². The summed E-state index contributed by atoms with van der Waals surface area (Å²) in [6.07, 6.45) is -10.6. The van der Waals surface area contributed by atoms with E-state index in [0.717, 1.165) is 6.92 Å². The summed E-state index contributed by atoms with van der Waals surface area (Å²) in [5, 5.41) is 42.0. The number of hydrogen-bond acceptors (Lipinski definition) is 15. The number of ether oxygens (including phenoxy) is 5. The van der Waals surface area contributed by atoms with Crippen molar-refractivity contribution in [2.24, 2.45) is 16.7 Å². The molecule has 16 heteroatoms. The van der Waals surface area contributed by atoms with Crippen LogP contribution in [-0.4, -0.2) is 105 Å². The van der Waals surface area contributed by atoms with E-state index in [1.54, 1.807) is 79.9 Å². The molecule has 2 unspecified atom stereocenters. The van der Waals surface area contributed by atoms with Gasteiger partial charge in [0.05, 0.1) is 29.6 Å². The maximum atomic E-state index is 15.6. The van der Waals surface area contributed by atoms with Crippen LogP contribution in [0, 0.1) is 16.7 Å². The van der Waals surface area contributed by atoms with Crippen LogP contribution < -0.4 is 5.32 Å². The number of hydrogen-bond donors (Lipinski definition) is 4. The molecule has 2 saturated carbocycles. The minimum absolute atomic E-state index is 0.0127. The van der Waals surface area contributed by atoms with Gasteiger partial charge in [-0.1, -0.05) is 63.2 Å². The van der Waals surface area contributed by atoms with Crippen LogP contribution in [-0.2, 0) is 42.9 Å². The number of carbonyl (C=O) groups excluding carboxylic acids is 6. The number of aliphatic hydroxyl groups is 3. The molecule has 3 aromatic rings. The molecule has 3 aliphatic carbocycles. The molecule has 1 aromatic heterocycles. The van der Waals surface area contributed by atoms with E-state index >= 15 is 4.79 Å². The van der Waals surface area contributed by atoms with Gasteiger partial charge in [0, 0.05) is 42.0 Å². The molecule has 0 spiro atoms. The highest BCUT2D eigenvalue weighted by Gasteiger charge is 2.78. The third-order valence-electron chi connectivity index (χ3n) is 13.4. The van der Waals surface area contributed by atoms with Crippen molar-refractivity contribution in [2.45, 2.75) is 115 Å². The SMILES string of the molecule is CCC(=O)O[C@H]1C(=O)[C@@]2(C)C(C(OC(=O)c3ccccc3)[C@]3(O)C[C@H](OC(=O)[C@H](O)[C@@H](NC(=O)c4ccccc4)c4cccs4)C(C)=C1C3(C)C)[C@]1(OC(C)=O)CO[C@@H]1C[C@@H]2O. The van der Waals surface area contributed by atoms with Crippen LogP contribution >= 0.6 is 11.3 Å². The smallest absolute Gasteiger partial charge is 0.338 e. The Morgan fingerprint density at radius 3 is 2.15 bits per heavy atom. The van der Waals surface area contributed by atoms with Crippen molar-refractivity contribution >= 4 is 46.9 Å². The summed E-state index contributed by atoms with van der Waals surface area (Å²) in [7, 11) is 0. The molecular weight excluding hydrogens is 823 g/mol. The Hall–Kier alpha value is -5.26. The topological polar surface area (TPSA) is 221 Å². The van der Waals surface area contributed by atoms with Crippen LogP contribution in [0.2, 0.25) is 0 Å². The van der Waals surface area contributed by atoms with E-state index < -0.39 is 113 Å². The zero-order chi connectivity index (χ0) is 44.9. The highest BCUT2D eigenvalue weighted by atomic mass is 32.1. The molecule has 1 saturated heterocycles. The summed E-state index contributed by atoms with van der Waals surface area (Å²) < 4.78 is 30.5. The molecule has 15 nitrogen and oxygen atoms in total. The molecule has 1 aliphatic heterocycles. The Morgan fingerprint density at radius 2 is 1.58 bits per heavy atom. The first-order valence-corrected chi connectivity index (χ1v) is 21.4. The summed E-state index contributed by atoms with van der Waals surface area (Å²) in [6, 6.07) is 18.1. The average Bonchev–Trinajstić information content (AvgIpc) is 3.79. The lowest BCUT2D eigenvalue weighted by molar-refractivity contribution is -0.346. The first-order chi connectivity index (χ1) is 29.3. The van der Waals surface area contributed by atoms with Gasteiger partial charge in [-0.2, -0.15) is 0 Å². The van der Waals surface area contributed by atoms with Crippen LogP contribution in [0.15, 0.2) is 89.3 Å². The van der Waals surface area contributed by atoms with Crippen LogP contribution in [0.1, 0.15) is 92.4 Å². The molecule has 2 bridgehead atoms. The van der Waals surface area contributed by atoms with Gasteiger partial charge in [-0.15, -0.1) is 11.3 Å². The number of esters is 4. The van der Waals surface area contributed by atoms with E-state index in [4.69, 9.17) is 23.7 Å². The lowest BCUT2D eigenvalue weighted by atomic mass is 9.44. The number of ketones is 1. The van der Waals surface area contributed by atoms with E-state index in [-0.39, 0.29) is 41.7 Å². The normalized spacial score (nSPS) is 31.9. The summed E-state index contributed by atoms with van der Waals surface area (Å²) >= 11 is 1.18. The lowest BCUT2D eigenvalue weighted by Crippen LogP contribution is -2.82. The third kappa shape index (κ3) is 7.34. The minimum Gasteiger partial charge on any atom is -0.456 e. The number of amides is 1. The fourth-order valence-electron chi connectivity index (χ4n) is 10.0. The zero-order valence-corrected chi connectivity index (χ0v) is 36.0. The zero-order valence-electron chi connectivity index (χ0n) is 35.2. The first-order valence-electron chi connectivity index (χ1n) is 20.5. The van der Waals surface area contributed by atoms with Gasteiger partial charge in [0.1, 0.15) is 30.0 Å². The predicted molar refractivity (Wildman–Crippen MR) is 220 cm³/mol. The number of nitrogens with one attached hydrogen (secondary N) is 1. The number of carbonyl (C=O) groups is 6. The molecule has 62 heavy (non-hydrogen) atoms. The van der Waals surface area contributed by atoms with Gasteiger partial charge in [-0.05, 0) is 60.7 Å². The van der Waals surface area contributed by atoms with Gasteiger partial charge in [0.15, 0.2) is 23.6 Å². The van der Waals surface area contributed by atoms with Crippen molar-refractivity contribution < 1.29 is 67.8 Å². The number of Topliss-reactive ketones (excluding diaryl/α,β-unsaturated/α-hetero) is 1. The van der Waals surface area contributed by atoms with Crippen molar-refractivity contribution in [3.8, 4) is 0 Å². The monoisotopic (exact) mass is 873 g/mol. The Balaban J connectivity index is 1.39. The van der Waals surface area contributed by atoms with E-state index in [1.165, 1.54) is 44.2 Å². The number of thiophene rings is 1. The first kappa shape index (κ1) is 44.8. The summed E-state index contributed by atoms with van der Waals surface area (Å²) in [5.41, 5.74) is -7.32. The van der Waals surface area contributed by atoms with E-state index in [1.807, 2.05) is 0 Å². The van der Waals surface area contributed by atoms with Crippen LogP contribution in [0.4, 0.5) is 0 Å². The van der Waals surface area contributed by atoms with Crippen molar-refractivity contribution in [2.75, 3.05) is 6.61 Å². The van der Waals surface area contributed by atoms with Gasteiger partial charge in [0.25, 0.3) is 5.91 Å². The Labute approximate surface area is 362 Å². The number of rotatable bonds is 11. The summed E-state index contributed by atoms with van der Waals surface area (Å²) in [5.74, 6) is -6.69. The largest absolute Gasteiger partial charge is 0.456 e. The number of aliphatic hydroxyl groups excluding tert-OH is 2. The molecule has 330 valence electrons. The van der Waals surface area contributed by atoms with Crippen LogP contribution in [0.3, 0.4) is 0 Å². The summed E-state index contributed by atoms with van der Waals surface area (Å²) in [6.45, 7) is 8.47. The van der Waals surface area contributed by atoms with Crippen molar-refractivity contribution in [1.29, 1.82) is 0 Å². The summed E-state index contributed by atoms with van der Waals surface area (Å²) in [4.78, 5) is 84.3. The molecule has 4 N–H and O–H groups in total. The van der Waals surface area contributed by atoms with Gasteiger partial charge in [-0.25, -0.2) is 9.59 Å². The fraction of sp³-hybridized carbons (Fsp3) is 0.478. The van der Waals surface area contributed by atoms with Gasteiger partial charge >= 0.3 is 23.9 Å². The molecule has 3 fully saturated rings. The number of benzene rings is 2. The van der Waals surface area contributed by atoms with E-state index in [2.05, 4.69) is 5.32 Å². The predicted octanol–water partition coefficient (Wildman–Crippen LogP) is 4.19. The van der Waals surface area contributed by atoms with Crippen LogP contribution in [0.25, 0.3) is 0 Å². The minimum atomic E-state index is -2.38. The Kier molecular flexibility index (Phi) is 12.1.